The van der Waals surface area contributed by atoms with Gasteiger partial charge in [-0.05, 0) is 42.0 Å². The van der Waals surface area contributed by atoms with Crippen molar-refractivity contribution in [3.8, 4) is 0 Å². The van der Waals surface area contributed by atoms with E-state index in [9.17, 15) is 9.18 Å². The summed E-state index contributed by atoms with van der Waals surface area (Å²) in [6.07, 6.45) is 2.36. The van der Waals surface area contributed by atoms with Crippen molar-refractivity contribution in [1.29, 1.82) is 0 Å². The van der Waals surface area contributed by atoms with Crippen molar-refractivity contribution in [2.75, 3.05) is 26.7 Å². The van der Waals surface area contributed by atoms with Crippen molar-refractivity contribution in [3.05, 3.63) is 58.0 Å². The quantitative estimate of drug-likeness (QED) is 0.707. The first-order valence-corrected chi connectivity index (χ1v) is 9.83. The lowest BCUT2D eigenvalue weighted by atomic mass is 10.2. The number of rotatable bonds is 8. The molecule has 0 spiro atoms. The highest BCUT2D eigenvalue weighted by Gasteiger charge is 2.22. The number of thiophene rings is 1. The number of benzene rings is 1. The third kappa shape index (κ3) is 5.62. The maximum absolute atomic E-state index is 13.0. The third-order valence-electron chi connectivity index (χ3n) is 4.56. The second-order valence-electron chi connectivity index (χ2n) is 6.76. The summed E-state index contributed by atoms with van der Waals surface area (Å²) in [5.74, 6) is -0.203. The van der Waals surface area contributed by atoms with E-state index in [1.54, 1.807) is 35.4 Å². The molecule has 0 bridgehead atoms. The van der Waals surface area contributed by atoms with Crippen molar-refractivity contribution >= 4 is 17.2 Å². The van der Waals surface area contributed by atoms with Crippen LogP contribution >= 0.6 is 11.3 Å². The van der Waals surface area contributed by atoms with Crippen LogP contribution in [0, 0.1) is 5.82 Å². The van der Waals surface area contributed by atoms with Gasteiger partial charge >= 0.3 is 0 Å². The van der Waals surface area contributed by atoms with Gasteiger partial charge in [-0.15, -0.1) is 11.3 Å². The number of ether oxygens (including phenoxy) is 1. The number of halogens is 1. The van der Waals surface area contributed by atoms with Crippen LogP contribution < -0.4 is 0 Å². The molecule has 1 aromatic carbocycles. The summed E-state index contributed by atoms with van der Waals surface area (Å²) in [5.41, 5.74) is 0.922. The summed E-state index contributed by atoms with van der Waals surface area (Å²) < 4.78 is 18.8. The number of carbonyl (C=O) groups excluding carboxylic acids is 1. The topological polar surface area (TPSA) is 32.8 Å². The van der Waals surface area contributed by atoms with Gasteiger partial charge in [0.1, 0.15) is 5.82 Å². The SMILES string of the molecule is CN(Cc1ccc(F)cc1)C(=O)CN(Cc1cccs1)CC1CCCO1. The minimum absolute atomic E-state index is 0.0591. The Morgan fingerprint density at radius 3 is 2.73 bits per heavy atom. The van der Waals surface area contributed by atoms with Crippen LogP contribution in [0.1, 0.15) is 23.3 Å². The van der Waals surface area contributed by atoms with E-state index in [2.05, 4.69) is 16.3 Å². The van der Waals surface area contributed by atoms with Crippen molar-refractivity contribution in [1.82, 2.24) is 9.80 Å². The summed E-state index contributed by atoms with van der Waals surface area (Å²) in [6.45, 7) is 3.18. The molecule has 0 aliphatic carbocycles. The Bertz CT molecular complexity index is 684. The number of hydrogen-bond donors (Lipinski definition) is 0. The molecule has 1 amide bonds. The average Bonchev–Trinajstić information content (AvgIpc) is 3.31. The van der Waals surface area contributed by atoms with Crippen LogP contribution in [0.4, 0.5) is 4.39 Å². The maximum atomic E-state index is 13.0. The van der Waals surface area contributed by atoms with Crippen molar-refractivity contribution < 1.29 is 13.9 Å². The molecule has 1 aliphatic rings. The summed E-state index contributed by atoms with van der Waals surface area (Å²) >= 11 is 1.71. The molecule has 0 N–H and O–H groups in total. The standard InChI is InChI=1S/C20H25FN2O2S/c1-22(12-16-6-8-17(21)9-7-16)20(24)15-23(13-18-4-2-10-25-18)14-19-5-3-11-26-19/h3,5-9,11,18H,2,4,10,12-15H2,1H3. The van der Waals surface area contributed by atoms with Crippen molar-refractivity contribution in [2.45, 2.75) is 32.0 Å². The van der Waals surface area contributed by atoms with Gasteiger partial charge < -0.3 is 9.64 Å². The van der Waals surface area contributed by atoms with Crippen LogP contribution in [-0.4, -0.2) is 48.6 Å². The molecule has 3 rings (SSSR count). The number of amides is 1. The Hall–Kier alpha value is -1.76. The fraction of sp³-hybridized carbons (Fsp3) is 0.450. The van der Waals surface area contributed by atoms with Gasteiger partial charge in [0.2, 0.25) is 5.91 Å². The Labute approximate surface area is 158 Å². The van der Waals surface area contributed by atoms with Crippen LogP contribution in [0.25, 0.3) is 0 Å². The molecule has 4 nitrogen and oxygen atoms in total. The van der Waals surface area contributed by atoms with E-state index >= 15 is 0 Å². The second-order valence-corrected chi connectivity index (χ2v) is 7.79. The molecule has 26 heavy (non-hydrogen) atoms. The predicted molar refractivity (Wildman–Crippen MR) is 101 cm³/mol. The van der Waals surface area contributed by atoms with Crippen molar-refractivity contribution in [3.63, 3.8) is 0 Å². The fourth-order valence-electron chi connectivity index (χ4n) is 3.15. The van der Waals surface area contributed by atoms with Crippen LogP contribution in [0.5, 0.6) is 0 Å². The lowest BCUT2D eigenvalue weighted by Gasteiger charge is -2.27. The molecule has 1 aliphatic heterocycles. The zero-order valence-corrected chi connectivity index (χ0v) is 15.9. The first kappa shape index (κ1) is 19.0. The van der Waals surface area contributed by atoms with Crippen molar-refractivity contribution in [2.24, 2.45) is 0 Å². The molecular weight excluding hydrogens is 351 g/mol. The Morgan fingerprint density at radius 1 is 1.27 bits per heavy atom. The highest BCUT2D eigenvalue weighted by atomic mass is 32.1. The van der Waals surface area contributed by atoms with Crippen LogP contribution in [0.3, 0.4) is 0 Å². The maximum Gasteiger partial charge on any atom is 0.236 e. The van der Waals surface area contributed by atoms with E-state index in [0.29, 0.717) is 13.1 Å². The molecule has 6 heteroatoms. The minimum Gasteiger partial charge on any atom is -0.377 e. The van der Waals surface area contributed by atoms with Gasteiger partial charge in [-0.25, -0.2) is 4.39 Å². The van der Waals surface area contributed by atoms with Gasteiger partial charge in [0, 0.05) is 38.2 Å². The lowest BCUT2D eigenvalue weighted by molar-refractivity contribution is -0.132. The number of hydrogen-bond acceptors (Lipinski definition) is 4. The first-order chi connectivity index (χ1) is 12.6. The zero-order chi connectivity index (χ0) is 18.4. The van der Waals surface area contributed by atoms with Crippen LogP contribution in [0.15, 0.2) is 41.8 Å². The number of carbonyl (C=O) groups is 1. The van der Waals surface area contributed by atoms with Gasteiger partial charge in [0.15, 0.2) is 0 Å². The minimum atomic E-state index is -0.263. The largest absolute Gasteiger partial charge is 0.377 e. The first-order valence-electron chi connectivity index (χ1n) is 8.95. The van der Waals surface area contributed by atoms with Gasteiger partial charge in [-0.3, -0.25) is 9.69 Å². The van der Waals surface area contributed by atoms with E-state index in [-0.39, 0.29) is 17.8 Å². The molecule has 2 heterocycles. The molecule has 1 aromatic heterocycles. The van der Waals surface area contributed by atoms with Gasteiger partial charge in [-0.1, -0.05) is 18.2 Å². The van der Waals surface area contributed by atoms with Gasteiger partial charge in [0.05, 0.1) is 12.6 Å². The highest BCUT2D eigenvalue weighted by molar-refractivity contribution is 7.09. The van der Waals surface area contributed by atoms with E-state index < -0.39 is 0 Å². The van der Waals surface area contributed by atoms with Crippen LogP contribution in [-0.2, 0) is 22.6 Å². The molecule has 1 unspecified atom stereocenters. The molecule has 140 valence electrons. The summed E-state index contributed by atoms with van der Waals surface area (Å²) in [6, 6.07) is 10.4. The van der Waals surface area contributed by atoms with Gasteiger partial charge in [-0.2, -0.15) is 0 Å². The smallest absolute Gasteiger partial charge is 0.236 e. The lowest BCUT2D eigenvalue weighted by Crippen LogP contribution is -2.40. The molecule has 0 radical (unpaired) electrons. The second kappa shape index (κ2) is 9.26. The van der Waals surface area contributed by atoms with E-state index in [1.165, 1.54) is 17.0 Å². The number of likely N-dealkylation sites (N-methyl/N-ethyl adjacent to an activating group) is 1. The Balaban J connectivity index is 1.58. The number of nitrogens with zero attached hydrogens (tertiary/aromatic N) is 2. The Morgan fingerprint density at radius 2 is 2.08 bits per heavy atom. The van der Waals surface area contributed by atoms with E-state index in [4.69, 9.17) is 4.74 Å². The molecule has 2 aromatic rings. The van der Waals surface area contributed by atoms with Gasteiger partial charge in [0.25, 0.3) is 0 Å². The zero-order valence-electron chi connectivity index (χ0n) is 15.1. The molecule has 0 saturated carbocycles. The average molecular weight is 376 g/mol. The predicted octanol–water partition coefficient (Wildman–Crippen LogP) is 3.53. The molecule has 1 fully saturated rings. The molecule has 1 atom stereocenters. The molecule has 1 saturated heterocycles. The van der Waals surface area contributed by atoms with E-state index in [0.717, 1.165) is 38.1 Å². The molecular formula is C20H25FN2O2S. The summed E-state index contributed by atoms with van der Waals surface area (Å²) in [4.78, 5) is 17.8. The van der Waals surface area contributed by atoms with Crippen LogP contribution in [0.2, 0.25) is 0 Å². The summed E-state index contributed by atoms with van der Waals surface area (Å²) in [5, 5.41) is 2.06. The fourth-order valence-corrected chi connectivity index (χ4v) is 3.89. The normalized spacial score (nSPS) is 17.0. The highest BCUT2D eigenvalue weighted by Crippen LogP contribution is 2.17. The van der Waals surface area contributed by atoms with E-state index in [1.807, 2.05) is 6.07 Å². The Kier molecular flexibility index (Phi) is 6.77. The third-order valence-corrected chi connectivity index (χ3v) is 5.42. The monoisotopic (exact) mass is 376 g/mol. The summed E-state index contributed by atoms with van der Waals surface area (Å²) in [7, 11) is 1.79.